The van der Waals surface area contributed by atoms with E-state index < -0.39 is 36.2 Å². The van der Waals surface area contributed by atoms with Crippen molar-refractivity contribution in [2.24, 2.45) is 0 Å². The molecule has 1 rings (SSSR count). The van der Waals surface area contributed by atoms with Gasteiger partial charge in [0.1, 0.15) is 23.6 Å². The van der Waals surface area contributed by atoms with Crippen LogP contribution in [0.4, 0.5) is 4.39 Å². The summed E-state index contributed by atoms with van der Waals surface area (Å²) in [6, 6.07) is -3.14. The third kappa shape index (κ3) is 1.95. The Hall–Kier alpha value is 0.0800. The van der Waals surface area contributed by atoms with E-state index in [2.05, 4.69) is 17.4 Å². The summed E-state index contributed by atoms with van der Waals surface area (Å²) >= 11 is 3.53. The van der Waals surface area contributed by atoms with E-state index in [1.165, 1.54) is 0 Å². The molecule has 0 aromatic heterocycles. The molecule has 78 valence electrons. The Balaban J connectivity index is 2.79. The van der Waals surface area contributed by atoms with Gasteiger partial charge in [-0.1, -0.05) is 0 Å². The Morgan fingerprint density at radius 1 is 1.38 bits per heavy atom. The molecular weight excluding hydrogens is 203 g/mol. The van der Waals surface area contributed by atoms with Gasteiger partial charge < -0.3 is 25.2 Å². The van der Waals surface area contributed by atoms with E-state index in [0.29, 0.717) is 0 Å². The molecule has 0 saturated carbocycles. The van der Waals surface area contributed by atoms with Crippen LogP contribution in [0.1, 0.15) is 0 Å². The number of rotatable bonds is 1. The number of ether oxygens (including phenoxy) is 1. The molecule has 1 unspecified atom stereocenters. The van der Waals surface area contributed by atoms with Crippen LogP contribution in [0.3, 0.4) is 0 Å². The summed E-state index contributed by atoms with van der Waals surface area (Å²) in [6.45, 7) is -0.703. The van der Waals surface area contributed by atoms with Crippen molar-refractivity contribution in [1.82, 2.24) is 0 Å². The number of alkyl halides is 1. The quantitative estimate of drug-likeness (QED) is 0.326. The van der Waals surface area contributed by atoms with Gasteiger partial charge in [0.05, 0.1) is 6.61 Å². The molecule has 0 radical (unpaired) electrons. The van der Waals surface area contributed by atoms with Crippen LogP contribution in [0.25, 0.3) is 0 Å². The van der Waals surface area contributed by atoms with Crippen molar-refractivity contribution in [1.29, 1.82) is 0 Å². The number of thiol groups is 1. The van der Waals surface area contributed by atoms with E-state index >= 15 is 0 Å². The maximum absolute atomic E-state index is 13.0. The Morgan fingerprint density at radius 3 is 2.38 bits per heavy atom. The fourth-order valence-corrected chi connectivity index (χ4v) is 1.35. The molecule has 1 saturated heterocycles. The van der Waals surface area contributed by atoms with E-state index in [9.17, 15) is 9.50 Å². The molecule has 5 nitrogen and oxygen atoms in total. The van der Waals surface area contributed by atoms with E-state index in [1.54, 1.807) is 0 Å². The first-order chi connectivity index (χ1) is 5.90. The highest BCUT2D eigenvalue weighted by Gasteiger charge is 2.52. The van der Waals surface area contributed by atoms with Crippen molar-refractivity contribution >= 4 is 12.6 Å². The van der Waals surface area contributed by atoms with E-state index in [4.69, 9.17) is 15.3 Å². The summed E-state index contributed by atoms with van der Waals surface area (Å²) in [5.41, 5.74) is 0. The van der Waals surface area contributed by atoms with E-state index in [1.807, 2.05) is 0 Å². The van der Waals surface area contributed by atoms with Gasteiger partial charge in [-0.25, -0.2) is 0 Å². The Labute approximate surface area is 79.2 Å². The zero-order valence-corrected chi connectivity index (χ0v) is 7.43. The highest BCUT2D eigenvalue weighted by Crippen LogP contribution is 2.32. The normalized spacial score (nSPS) is 52.2. The molecule has 0 aromatic carbocycles. The lowest BCUT2D eigenvalue weighted by Gasteiger charge is -2.40. The van der Waals surface area contributed by atoms with Crippen LogP contribution in [0.2, 0.25) is 0 Å². The summed E-state index contributed by atoms with van der Waals surface area (Å²) in [5, 5.41) is 34.3. The zero-order chi connectivity index (χ0) is 10.2. The largest absolute Gasteiger partial charge is 0.394 e. The second-order valence-electron chi connectivity index (χ2n) is 2.87. The third-order valence-corrected chi connectivity index (χ3v) is 2.54. The summed E-state index contributed by atoms with van der Waals surface area (Å²) in [5.74, 6) is 0. The number of hydrogen-bond acceptors (Lipinski definition) is 6. The molecule has 0 amide bonds. The maximum atomic E-state index is 13.0. The molecule has 0 spiro atoms. The van der Waals surface area contributed by atoms with Crippen LogP contribution < -0.4 is 0 Å². The van der Waals surface area contributed by atoms with Gasteiger partial charge in [-0.2, -0.15) is 17.0 Å². The number of aliphatic hydroxyl groups excluding tert-OH is 3. The summed E-state index contributed by atoms with van der Waals surface area (Å²) < 4.78 is 17.3. The van der Waals surface area contributed by atoms with Gasteiger partial charge in [0.2, 0.25) is 0 Å². The average Bonchev–Trinajstić information content (AvgIpc) is 2.08. The number of hydrogen-bond donors (Lipinski definition) is 5. The zero-order valence-electron chi connectivity index (χ0n) is 6.54. The third-order valence-electron chi connectivity index (χ3n) is 1.92. The average molecular weight is 214 g/mol. The first kappa shape index (κ1) is 11.2. The molecule has 0 bridgehead atoms. The minimum atomic E-state index is -3.14. The lowest BCUT2D eigenvalue weighted by molar-refractivity contribution is -0.358. The van der Waals surface area contributed by atoms with Crippen LogP contribution in [0.15, 0.2) is 0 Å². The first-order valence-corrected chi connectivity index (χ1v) is 4.16. The number of aliphatic hydroxyl groups is 4. The molecule has 1 aliphatic heterocycles. The standard InChI is InChI=1S/C6H11FO5S/c7-6(11)5(13)4(10)3(9)2(1-8)12-6/h2-5,8-11,13H,1H2/t2-,3-,4+,5-,6?/m1/s1. The highest BCUT2D eigenvalue weighted by molar-refractivity contribution is 7.81. The molecule has 1 fully saturated rings. The van der Waals surface area contributed by atoms with Gasteiger partial charge in [0, 0.05) is 0 Å². The van der Waals surface area contributed by atoms with Crippen molar-refractivity contribution in [3.63, 3.8) is 0 Å². The topological polar surface area (TPSA) is 90.2 Å². The number of halogens is 1. The van der Waals surface area contributed by atoms with Crippen LogP contribution >= 0.6 is 12.6 Å². The van der Waals surface area contributed by atoms with Crippen molar-refractivity contribution in [2.75, 3.05) is 6.61 Å². The van der Waals surface area contributed by atoms with Gasteiger partial charge in [-0.15, -0.1) is 0 Å². The van der Waals surface area contributed by atoms with Crippen molar-refractivity contribution in [3.8, 4) is 0 Å². The predicted molar refractivity (Wildman–Crippen MR) is 42.8 cm³/mol. The van der Waals surface area contributed by atoms with Gasteiger partial charge >= 0.3 is 6.04 Å². The SMILES string of the molecule is OC[C@H]1OC(O)(F)[C@H](S)[C@@H](O)[C@@H]1O. The summed E-state index contributed by atoms with van der Waals surface area (Å²) in [4.78, 5) is 0. The van der Waals surface area contributed by atoms with E-state index in [0.717, 1.165) is 0 Å². The van der Waals surface area contributed by atoms with Crippen molar-refractivity contribution < 1.29 is 29.6 Å². The molecule has 0 aromatic rings. The Bertz CT molecular complexity index is 188. The summed E-state index contributed by atoms with van der Waals surface area (Å²) in [6.07, 6.45) is -4.42. The smallest absolute Gasteiger partial charge is 0.332 e. The molecule has 7 heteroatoms. The van der Waals surface area contributed by atoms with Crippen molar-refractivity contribution in [2.45, 2.75) is 29.6 Å². The fraction of sp³-hybridized carbons (Fsp3) is 1.00. The molecule has 5 atom stereocenters. The second kappa shape index (κ2) is 3.68. The fourth-order valence-electron chi connectivity index (χ4n) is 1.11. The maximum Gasteiger partial charge on any atom is 0.332 e. The lowest BCUT2D eigenvalue weighted by atomic mass is 10.0. The van der Waals surface area contributed by atoms with Gasteiger partial charge in [-0.3, -0.25) is 0 Å². The van der Waals surface area contributed by atoms with Gasteiger partial charge in [0.15, 0.2) is 0 Å². The summed E-state index contributed by atoms with van der Waals surface area (Å²) in [7, 11) is 0. The van der Waals surface area contributed by atoms with E-state index in [-0.39, 0.29) is 0 Å². The Kier molecular flexibility index (Phi) is 3.16. The van der Waals surface area contributed by atoms with Gasteiger partial charge in [0.25, 0.3) is 0 Å². The molecule has 13 heavy (non-hydrogen) atoms. The molecule has 1 heterocycles. The molecule has 0 aliphatic carbocycles. The predicted octanol–water partition coefficient (Wildman–Crippen LogP) is -1.99. The molecule has 1 aliphatic rings. The molecular formula is C6H11FO5S. The lowest BCUT2D eigenvalue weighted by Crippen LogP contribution is -2.61. The monoisotopic (exact) mass is 214 g/mol. The van der Waals surface area contributed by atoms with Crippen LogP contribution in [-0.4, -0.2) is 56.6 Å². The minimum absolute atomic E-state index is 0.703. The van der Waals surface area contributed by atoms with Crippen molar-refractivity contribution in [3.05, 3.63) is 0 Å². The highest BCUT2D eigenvalue weighted by atomic mass is 32.1. The van der Waals surface area contributed by atoms with Gasteiger partial charge in [-0.05, 0) is 0 Å². The Morgan fingerprint density at radius 2 is 1.92 bits per heavy atom. The molecule has 4 N–H and O–H groups in total. The second-order valence-corrected chi connectivity index (χ2v) is 3.43. The van der Waals surface area contributed by atoms with Crippen LogP contribution in [0, 0.1) is 0 Å². The minimum Gasteiger partial charge on any atom is -0.394 e. The van der Waals surface area contributed by atoms with Crippen LogP contribution in [-0.2, 0) is 4.74 Å². The first-order valence-electron chi connectivity index (χ1n) is 3.64. The van der Waals surface area contributed by atoms with Crippen LogP contribution in [0.5, 0.6) is 0 Å².